The van der Waals surface area contributed by atoms with Gasteiger partial charge in [-0.15, -0.1) is 0 Å². The van der Waals surface area contributed by atoms with E-state index < -0.39 is 5.97 Å². The quantitative estimate of drug-likeness (QED) is 0.874. The first-order valence-corrected chi connectivity index (χ1v) is 6.36. The fourth-order valence-corrected chi connectivity index (χ4v) is 1.64. The van der Waals surface area contributed by atoms with E-state index in [1.54, 1.807) is 19.2 Å². The molecule has 4 nitrogen and oxygen atoms in total. The van der Waals surface area contributed by atoms with Crippen molar-refractivity contribution >= 4 is 21.9 Å². The Kier molecular flexibility index (Phi) is 5.16. The van der Waals surface area contributed by atoms with Crippen molar-refractivity contribution < 1.29 is 19.4 Å². The standard InChI is InChI=1S/C13H17BrO4/c1-13(2,17-3)6-7-18-11-8-9(14)4-5-10(11)12(15)16/h4-5,8H,6-7H2,1-3H3,(H,15,16). The second kappa shape index (κ2) is 6.20. The summed E-state index contributed by atoms with van der Waals surface area (Å²) in [4.78, 5) is 11.0. The van der Waals surface area contributed by atoms with Crippen molar-refractivity contribution in [3.8, 4) is 5.75 Å². The van der Waals surface area contributed by atoms with Gasteiger partial charge in [-0.3, -0.25) is 0 Å². The predicted molar refractivity (Wildman–Crippen MR) is 72.3 cm³/mol. The minimum Gasteiger partial charge on any atom is -0.493 e. The molecule has 0 heterocycles. The van der Waals surface area contributed by atoms with Crippen LogP contribution in [0.2, 0.25) is 0 Å². The molecule has 0 saturated carbocycles. The number of rotatable bonds is 6. The number of benzene rings is 1. The average molecular weight is 317 g/mol. The molecule has 5 heteroatoms. The fourth-order valence-electron chi connectivity index (χ4n) is 1.30. The highest BCUT2D eigenvalue weighted by Crippen LogP contribution is 2.24. The Hall–Kier alpha value is -1.07. The summed E-state index contributed by atoms with van der Waals surface area (Å²) in [5.41, 5.74) is -0.122. The summed E-state index contributed by atoms with van der Waals surface area (Å²) in [7, 11) is 1.64. The topological polar surface area (TPSA) is 55.8 Å². The van der Waals surface area contributed by atoms with Crippen LogP contribution in [0.4, 0.5) is 0 Å². The van der Waals surface area contributed by atoms with Gasteiger partial charge >= 0.3 is 5.97 Å². The van der Waals surface area contributed by atoms with E-state index >= 15 is 0 Å². The van der Waals surface area contributed by atoms with Gasteiger partial charge in [-0.25, -0.2) is 4.79 Å². The summed E-state index contributed by atoms with van der Waals surface area (Å²) >= 11 is 3.29. The van der Waals surface area contributed by atoms with Crippen LogP contribution in [0.25, 0.3) is 0 Å². The zero-order valence-corrected chi connectivity index (χ0v) is 12.3. The van der Waals surface area contributed by atoms with Gasteiger partial charge < -0.3 is 14.6 Å². The van der Waals surface area contributed by atoms with Gasteiger partial charge in [0.15, 0.2) is 0 Å². The lowest BCUT2D eigenvalue weighted by Crippen LogP contribution is -2.25. The SMILES string of the molecule is COC(C)(C)CCOc1cc(Br)ccc1C(=O)O. The van der Waals surface area contributed by atoms with Gasteiger partial charge in [0.1, 0.15) is 11.3 Å². The molecule has 0 radical (unpaired) electrons. The number of carboxylic acid groups (broad SMARTS) is 1. The summed E-state index contributed by atoms with van der Waals surface area (Å²) in [6.45, 7) is 4.31. The van der Waals surface area contributed by atoms with Crippen LogP contribution < -0.4 is 4.74 Å². The van der Waals surface area contributed by atoms with Crippen LogP contribution in [0.3, 0.4) is 0 Å². The normalized spacial score (nSPS) is 11.3. The lowest BCUT2D eigenvalue weighted by Gasteiger charge is -2.22. The van der Waals surface area contributed by atoms with Crippen molar-refractivity contribution in [3.63, 3.8) is 0 Å². The fraction of sp³-hybridized carbons (Fsp3) is 0.462. The van der Waals surface area contributed by atoms with Gasteiger partial charge in [0.2, 0.25) is 0 Å². The maximum absolute atomic E-state index is 11.0. The molecule has 0 fully saturated rings. The van der Waals surface area contributed by atoms with Crippen molar-refractivity contribution in [2.24, 2.45) is 0 Å². The summed E-state index contributed by atoms with van der Waals surface area (Å²) < 4.78 is 11.6. The molecule has 0 amide bonds. The number of carbonyl (C=O) groups is 1. The van der Waals surface area contributed by atoms with E-state index in [1.807, 2.05) is 13.8 Å². The second-order valence-electron chi connectivity index (χ2n) is 4.51. The minimum atomic E-state index is -0.997. The Bertz CT molecular complexity index is 429. The molecule has 18 heavy (non-hydrogen) atoms. The first-order chi connectivity index (χ1) is 8.35. The van der Waals surface area contributed by atoms with Crippen molar-refractivity contribution in [2.75, 3.05) is 13.7 Å². The van der Waals surface area contributed by atoms with Gasteiger partial charge in [-0.1, -0.05) is 15.9 Å². The van der Waals surface area contributed by atoms with Crippen LogP contribution in [-0.4, -0.2) is 30.4 Å². The van der Waals surface area contributed by atoms with Gasteiger partial charge in [-0.05, 0) is 32.0 Å². The summed E-state index contributed by atoms with van der Waals surface area (Å²) in [5.74, 6) is -0.632. The van der Waals surface area contributed by atoms with E-state index in [2.05, 4.69) is 15.9 Å². The molecule has 0 aliphatic carbocycles. The average Bonchev–Trinajstić information content (AvgIpc) is 2.28. The summed E-state index contributed by atoms with van der Waals surface area (Å²) in [5, 5.41) is 9.04. The molecule has 0 aliphatic rings. The van der Waals surface area contributed by atoms with Gasteiger partial charge in [-0.2, -0.15) is 0 Å². The number of aromatic carboxylic acids is 1. The Morgan fingerprint density at radius 1 is 1.44 bits per heavy atom. The number of carboxylic acids is 1. The zero-order chi connectivity index (χ0) is 13.8. The molecule has 0 bridgehead atoms. The zero-order valence-electron chi connectivity index (χ0n) is 10.7. The number of halogens is 1. The summed E-state index contributed by atoms with van der Waals surface area (Å²) in [6, 6.07) is 4.85. The Morgan fingerprint density at radius 2 is 2.11 bits per heavy atom. The molecule has 1 aromatic carbocycles. The molecule has 0 saturated heterocycles. The lowest BCUT2D eigenvalue weighted by molar-refractivity contribution is 0.00537. The number of hydrogen-bond donors (Lipinski definition) is 1. The van der Waals surface area contributed by atoms with Crippen LogP contribution in [0.5, 0.6) is 5.75 Å². The molecule has 0 unspecified atom stereocenters. The smallest absolute Gasteiger partial charge is 0.339 e. The summed E-state index contributed by atoms with van der Waals surface area (Å²) in [6.07, 6.45) is 0.676. The number of methoxy groups -OCH3 is 1. The molecule has 0 atom stereocenters. The minimum absolute atomic E-state index is 0.161. The van der Waals surface area contributed by atoms with E-state index in [9.17, 15) is 4.79 Å². The third-order valence-electron chi connectivity index (χ3n) is 2.69. The molecule has 1 rings (SSSR count). The van der Waals surface area contributed by atoms with Gasteiger partial charge in [0.05, 0.1) is 12.2 Å². The van der Waals surface area contributed by atoms with E-state index in [-0.39, 0.29) is 11.2 Å². The molecule has 100 valence electrons. The second-order valence-corrected chi connectivity index (χ2v) is 5.42. The van der Waals surface area contributed by atoms with Crippen molar-refractivity contribution in [3.05, 3.63) is 28.2 Å². The first-order valence-electron chi connectivity index (χ1n) is 5.56. The van der Waals surface area contributed by atoms with Crippen molar-refractivity contribution in [1.82, 2.24) is 0 Å². The maximum Gasteiger partial charge on any atom is 0.339 e. The largest absolute Gasteiger partial charge is 0.493 e. The molecule has 1 N–H and O–H groups in total. The monoisotopic (exact) mass is 316 g/mol. The van der Waals surface area contributed by atoms with E-state index in [0.717, 1.165) is 4.47 Å². The molecule has 0 aliphatic heterocycles. The molecule has 0 spiro atoms. The highest BCUT2D eigenvalue weighted by molar-refractivity contribution is 9.10. The molecular weight excluding hydrogens is 300 g/mol. The number of ether oxygens (including phenoxy) is 2. The Labute approximate surface area is 115 Å². The van der Waals surface area contributed by atoms with E-state index in [1.165, 1.54) is 6.07 Å². The Balaban J connectivity index is 2.72. The molecule has 0 aromatic heterocycles. The Morgan fingerprint density at radius 3 is 2.67 bits per heavy atom. The van der Waals surface area contributed by atoms with Crippen LogP contribution in [0.1, 0.15) is 30.6 Å². The van der Waals surface area contributed by atoms with E-state index in [0.29, 0.717) is 18.8 Å². The van der Waals surface area contributed by atoms with Crippen molar-refractivity contribution in [2.45, 2.75) is 25.9 Å². The lowest BCUT2D eigenvalue weighted by atomic mass is 10.1. The third kappa shape index (κ3) is 4.31. The van der Waals surface area contributed by atoms with Crippen LogP contribution in [0.15, 0.2) is 22.7 Å². The highest BCUT2D eigenvalue weighted by Gasteiger charge is 2.17. The first kappa shape index (κ1) is 15.0. The maximum atomic E-state index is 11.0. The predicted octanol–water partition coefficient (Wildman–Crippen LogP) is 3.34. The van der Waals surface area contributed by atoms with Gasteiger partial charge in [0, 0.05) is 18.0 Å². The van der Waals surface area contributed by atoms with Gasteiger partial charge in [0.25, 0.3) is 0 Å². The van der Waals surface area contributed by atoms with Crippen molar-refractivity contribution in [1.29, 1.82) is 0 Å². The molecule has 1 aromatic rings. The highest BCUT2D eigenvalue weighted by atomic mass is 79.9. The third-order valence-corrected chi connectivity index (χ3v) is 3.18. The molecular formula is C13H17BrO4. The van der Waals surface area contributed by atoms with E-state index in [4.69, 9.17) is 14.6 Å². The van der Waals surface area contributed by atoms with Crippen LogP contribution in [-0.2, 0) is 4.74 Å². The number of hydrogen-bond acceptors (Lipinski definition) is 3. The van der Waals surface area contributed by atoms with Crippen LogP contribution >= 0.6 is 15.9 Å². The van der Waals surface area contributed by atoms with Crippen LogP contribution in [0, 0.1) is 0 Å².